The molecule has 0 saturated carbocycles. The molecule has 90 valence electrons. The van der Waals surface area contributed by atoms with Crippen LogP contribution in [0.25, 0.3) is 0 Å². The Balaban J connectivity index is 2.67. The first kappa shape index (κ1) is 13.2. The van der Waals surface area contributed by atoms with E-state index in [9.17, 15) is 5.11 Å². The Labute approximate surface area is 101 Å². The summed E-state index contributed by atoms with van der Waals surface area (Å²) in [5.41, 5.74) is 0.765. The SMILES string of the molecule is CCSCCOc1c(CO)cccc1OC. The lowest BCUT2D eigenvalue weighted by atomic mass is 10.2. The van der Waals surface area contributed by atoms with Crippen LogP contribution >= 0.6 is 11.8 Å². The number of thioether (sulfide) groups is 1. The number of para-hydroxylation sites is 1. The number of hydrogen-bond donors (Lipinski definition) is 1. The molecule has 3 nitrogen and oxygen atoms in total. The van der Waals surface area contributed by atoms with Gasteiger partial charge in [-0.05, 0) is 11.8 Å². The molecule has 0 bridgehead atoms. The molecule has 0 unspecified atom stereocenters. The number of hydrogen-bond acceptors (Lipinski definition) is 4. The van der Waals surface area contributed by atoms with Crippen molar-refractivity contribution < 1.29 is 14.6 Å². The molecule has 0 atom stereocenters. The zero-order chi connectivity index (χ0) is 11.8. The lowest BCUT2D eigenvalue weighted by Gasteiger charge is -2.13. The monoisotopic (exact) mass is 242 g/mol. The number of aliphatic hydroxyl groups is 1. The quantitative estimate of drug-likeness (QED) is 0.745. The first-order valence-corrected chi connectivity index (χ1v) is 6.46. The third-order valence-electron chi connectivity index (χ3n) is 2.13. The van der Waals surface area contributed by atoms with Gasteiger partial charge < -0.3 is 14.6 Å². The van der Waals surface area contributed by atoms with Crippen molar-refractivity contribution in [3.63, 3.8) is 0 Å². The predicted molar refractivity (Wildman–Crippen MR) is 67.4 cm³/mol. The maximum atomic E-state index is 9.20. The highest BCUT2D eigenvalue weighted by atomic mass is 32.2. The van der Waals surface area contributed by atoms with Crippen LogP contribution in [-0.2, 0) is 6.61 Å². The van der Waals surface area contributed by atoms with Gasteiger partial charge >= 0.3 is 0 Å². The third kappa shape index (κ3) is 3.61. The van der Waals surface area contributed by atoms with Crippen molar-refractivity contribution in [3.05, 3.63) is 23.8 Å². The molecule has 0 aliphatic carbocycles. The van der Waals surface area contributed by atoms with E-state index < -0.39 is 0 Å². The second-order valence-electron chi connectivity index (χ2n) is 3.15. The molecule has 0 heterocycles. The van der Waals surface area contributed by atoms with Crippen molar-refractivity contribution in [1.82, 2.24) is 0 Å². The standard InChI is InChI=1S/C12H18O3S/c1-3-16-8-7-15-12-10(9-13)5-4-6-11(12)14-2/h4-6,13H,3,7-9H2,1-2H3. The molecule has 0 saturated heterocycles. The molecular weight excluding hydrogens is 224 g/mol. The second-order valence-corrected chi connectivity index (χ2v) is 4.55. The van der Waals surface area contributed by atoms with Gasteiger partial charge in [0, 0.05) is 11.3 Å². The Morgan fingerprint density at radius 3 is 2.81 bits per heavy atom. The maximum absolute atomic E-state index is 9.20. The number of methoxy groups -OCH3 is 1. The molecule has 1 N–H and O–H groups in total. The average Bonchev–Trinajstić information content (AvgIpc) is 2.34. The van der Waals surface area contributed by atoms with Gasteiger partial charge in [-0.1, -0.05) is 19.1 Å². The molecule has 0 aliphatic rings. The number of rotatable bonds is 7. The Hall–Kier alpha value is -0.870. The highest BCUT2D eigenvalue weighted by molar-refractivity contribution is 7.99. The van der Waals surface area contributed by atoms with Gasteiger partial charge in [0.15, 0.2) is 11.5 Å². The van der Waals surface area contributed by atoms with E-state index in [1.807, 2.05) is 30.0 Å². The molecule has 0 fully saturated rings. The highest BCUT2D eigenvalue weighted by Gasteiger charge is 2.09. The van der Waals surface area contributed by atoms with Gasteiger partial charge in [0.1, 0.15) is 0 Å². The first-order chi connectivity index (χ1) is 7.83. The maximum Gasteiger partial charge on any atom is 0.166 e. The summed E-state index contributed by atoms with van der Waals surface area (Å²) in [6, 6.07) is 5.52. The van der Waals surface area contributed by atoms with Crippen LogP contribution in [0.4, 0.5) is 0 Å². The molecule has 1 aromatic carbocycles. The summed E-state index contributed by atoms with van der Waals surface area (Å²) in [5, 5.41) is 9.20. The van der Waals surface area contributed by atoms with Crippen LogP contribution < -0.4 is 9.47 Å². The normalized spacial score (nSPS) is 10.2. The summed E-state index contributed by atoms with van der Waals surface area (Å²) in [6.45, 7) is 2.71. The van der Waals surface area contributed by atoms with Gasteiger partial charge in [-0.15, -0.1) is 0 Å². The lowest BCUT2D eigenvalue weighted by Crippen LogP contribution is -2.04. The molecule has 0 aromatic heterocycles. The number of aliphatic hydroxyl groups excluding tert-OH is 1. The molecule has 0 amide bonds. The molecular formula is C12H18O3S. The molecule has 4 heteroatoms. The van der Waals surface area contributed by atoms with Gasteiger partial charge in [-0.3, -0.25) is 0 Å². The van der Waals surface area contributed by atoms with Gasteiger partial charge in [-0.2, -0.15) is 11.8 Å². The number of ether oxygens (including phenoxy) is 2. The molecule has 0 radical (unpaired) electrons. The lowest BCUT2D eigenvalue weighted by molar-refractivity contribution is 0.261. The van der Waals surface area contributed by atoms with Crippen LogP contribution in [0.3, 0.4) is 0 Å². The minimum Gasteiger partial charge on any atom is -0.493 e. The zero-order valence-electron chi connectivity index (χ0n) is 9.73. The van der Waals surface area contributed by atoms with Crippen molar-refractivity contribution in [3.8, 4) is 11.5 Å². The van der Waals surface area contributed by atoms with E-state index >= 15 is 0 Å². The molecule has 1 aromatic rings. The highest BCUT2D eigenvalue weighted by Crippen LogP contribution is 2.31. The second kappa shape index (κ2) is 7.41. The van der Waals surface area contributed by atoms with E-state index in [4.69, 9.17) is 9.47 Å². The van der Waals surface area contributed by atoms with Crippen molar-refractivity contribution in [2.24, 2.45) is 0 Å². The van der Waals surface area contributed by atoms with Crippen LogP contribution in [0, 0.1) is 0 Å². The molecule has 1 rings (SSSR count). The molecule has 16 heavy (non-hydrogen) atoms. The largest absolute Gasteiger partial charge is 0.493 e. The Morgan fingerprint density at radius 2 is 2.19 bits per heavy atom. The Morgan fingerprint density at radius 1 is 1.38 bits per heavy atom. The van der Waals surface area contributed by atoms with Gasteiger partial charge in [-0.25, -0.2) is 0 Å². The van der Waals surface area contributed by atoms with E-state index in [2.05, 4.69) is 6.92 Å². The fourth-order valence-electron chi connectivity index (χ4n) is 1.36. The predicted octanol–water partition coefficient (Wildman–Crippen LogP) is 2.32. The summed E-state index contributed by atoms with van der Waals surface area (Å²) >= 11 is 1.83. The minimum atomic E-state index is -0.0343. The van der Waals surface area contributed by atoms with Crippen LogP contribution in [0.2, 0.25) is 0 Å². The first-order valence-electron chi connectivity index (χ1n) is 5.30. The average molecular weight is 242 g/mol. The van der Waals surface area contributed by atoms with Crippen molar-refractivity contribution in [2.45, 2.75) is 13.5 Å². The molecule has 0 spiro atoms. The van der Waals surface area contributed by atoms with Gasteiger partial charge in [0.25, 0.3) is 0 Å². The summed E-state index contributed by atoms with van der Waals surface area (Å²) < 4.78 is 10.8. The van der Waals surface area contributed by atoms with E-state index in [1.165, 1.54) is 0 Å². The van der Waals surface area contributed by atoms with Crippen LogP contribution in [-0.4, -0.2) is 30.3 Å². The van der Waals surface area contributed by atoms with Crippen molar-refractivity contribution in [2.75, 3.05) is 25.2 Å². The van der Waals surface area contributed by atoms with Crippen molar-refractivity contribution >= 4 is 11.8 Å². The van der Waals surface area contributed by atoms with E-state index in [-0.39, 0.29) is 6.61 Å². The van der Waals surface area contributed by atoms with Crippen LogP contribution in [0.5, 0.6) is 11.5 Å². The minimum absolute atomic E-state index is 0.0343. The van der Waals surface area contributed by atoms with Gasteiger partial charge in [0.05, 0.1) is 20.3 Å². The van der Waals surface area contributed by atoms with E-state index in [1.54, 1.807) is 7.11 Å². The Bertz CT molecular complexity index is 293. The topological polar surface area (TPSA) is 38.7 Å². The zero-order valence-corrected chi connectivity index (χ0v) is 10.5. The number of benzene rings is 1. The summed E-state index contributed by atoms with van der Waals surface area (Å²) in [5.74, 6) is 3.36. The molecule has 0 aliphatic heterocycles. The Kier molecular flexibility index (Phi) is 6.11. The van der Waals surface area contributed by atoms with Crippen LogP contribution in [0.1, 0.15) is 12.5 Å². The smallest absolute Gasteiger partial charge is 0.166 e. The summed E-state index contributed by atoms with van der Waals surface area (Å²) in [4.78, 5) is 0. The summed E-state index contributed by atoms with van der Waals surface area (Å²) in [7, 11) is 1.60. The van der Waals surface area contributed by atoms with Crippen molar-refractivity contribution in [1.29, 1.82) is 0 Å². The fraction of sp³-hybridized carbons (Fsp3) is 0.500. The fourth-order valence-corrected chi connectivity index (χ4v) is 1.85. The van der Waals surface area contributed by atoms with E-state index in [0.29, 0.717) is 18.1 Å². The van der Waals surface area contributed by atoms with Gasteiger partial charge in [0.2, 0.25) is 0 Å². The van der Waals surface area contributed by atoms with Crippen LogP contribution in [0.15, 0.2) is 18.2 Å². The van der Waals surface area contributed by atoms with E-state index in [0.717, 1.165) is 17.1 Å². The summed E-state index contributed by atoms with van der Waals surface area (Å²) in [6.07, 6.45) is 0. The third-order valence-corrected chi connectivity index (χ3v) is 2.99.